The number of hydrogen-bond acceptors (Lipinski definition) is 3. The first kappa shape index (κ1) is 15.1. The van der Waals surface area contributed by atoms with E-state index in [-0.39, 0.29) is 5.91 Å². The maximum absolute atomic E-state index is 12.5. The molecule has 0 aliphatic heterocycles. The first-order valence-electron chi connectivity index (χ1n) is 8.01. The second kappa shape index (κ2) is 6.57. The monoisotopic (exact) mass is 328 g/mol. The van der Waals surface area contributed by atoms with Gasteiger partial charge < -0.3 is 10.3 Å². The molecule has 0 saturated heterocycles. The first-order chi connectivity index (χ1) is 12.3. The smallest absolute Gasteiger partial charge is 0.251 e. The maximum Gasteiger partial charge on any atom is 0.251 e. The highest BCUT2D eigenvalue weighted by molar-refractivity contribution is 5.97. The molecule has 5 heteroatoms. The minimum absolute atomic E-state index is 0.113. The third kappa shape index (κ3) is 3.12. The van der Waals surface area contributed by atoms with E-state index in [0.29, 0.717) is 12.1 Å². The summed E-state index contributed by atoms with van der Waals surface area (Å²) in [5.74, 6) is -0.113. The summed E-state index contributed by atoms with van der Waals surface area (Å²) in [5, 5.41) is 4.05. The van der Waals surface area contributed by atoms with Crippen LogP contribution in [0.2, 0.25) is 0 Å². The number of benzene rings is 1. The summed E-state index contributed by atoms with van der Waals surface area (Å²) in [6.45, 7) is 0.402. The van der Waals surface area contributed by atoms with Gasteiger partial charge in [0.15, 0.2) is 0 Å². The van der Waals surface area contributed by atoms with E-state index in [9.17, 15) is 4.79 Å². The van der Waals surface area contributed by atoms with Crippen molar-refractivity contribution in [2.24, 2.45) is 0 Å². The van der Waals surface area contributed by atoms with Crippen LogP contribution in [0.15, 0.2) is 73.3 Å². The molecule has 0 aliphatic carbocycles. The van der Waals surface area contributed by atoms with Gasteiger partial charge in [-0.05, 0) is 47.3 Å². The number of carbonyl (C=O) groups is 1. The van der Waals surface area contributed by atoms with Gasteiger partial charge in [-0.3, -0.25) is 14.8 Å². The van der Waals surface area contributed by atoms with Gasteiger partial charge in [0.25, 0.3) is 5.91 Å². The number of fused-ring (bicyclic) bond motifs is 1. The number of hydrogen-bond donors (Lipinski definition) is 2. The number of pyridine rings is 2. The van der Waals surface area contributed by atoms with Gasteiger partial charge in [-0.25, -0.2) is 0 Å². The lowest BCUT2D eigenvalue weighted by Crippen LogP contribution is -2.23. The zero-order valence-electron chi connectivity index (χ0n) is 13.4. The van der Waals surface area contributed by atoms with Crippen molar-refractivity contribution in [1.82, 2.24) is 20.3 Å². The van der Waals surface area contributed by atoms with E-state index in [0.717, 1.165) is 27.7 Å². The van der Waals surface area contributed by atoms with Crippen molar-refractivity contribution in [3.63, 3.8) is 0 Å². The Kier molecular flexibility index (Phi) is 3.96. The Bertz CT molecular complexity index is 1020. The second-order valence-corrected chi connectivity index (χ2v) is 5.72. The molecule has 25 heavy (non-hydrogen) atoms. The van der Waals surface area contributed by atoms with Crippen LogP contribution in [-0.2, 0) is 6.54 Å². The number of nitrogens with zero attached hydrogens (tertiary/aromatic N) is 2. The van der Waals surface area contributed by atoms with Crippen LogP contribution in [0, 0.1) is 0 Å². The van der Waals surface area contributed by atoms with Crippen LogP contribution >= 0.6 is 0 Å². The molecule has 4 aromatic rings. The highest BCUT2D eigenvalue weighted by Crippen LogP contribution is 2.20. The number of aromatic nitrogens is 3. The Morgan fingerprint density at radius 1 is 1.08 bits per heavy atom. The Labute approximate surface area is 144 Å². The van der Waals surface area contributed by atoms with Crippen LogP contribution in [0.3, 0.4) is 0 Å². The Morgan fingerprint density at radius 2 is 2.00 bits per heavy atom. The van der Waals surface area contributed by atoms with Crippen molar-refractivity contribution in [3.05, 3.63) is 84.4 Å². The molecule has 0 fully saturated rings. The molecule has 0 spiro atoms. The molecule has 1 amide bonds. The fraction of sp³-hybridized carbons (Fsp3) is 0.0500. The predicted molar refractivity (Wildman–Crippen MR) is 96.9 cm³/mol. The molecule has 0 unspecified atom stereocenters. The van der Waals surface area contributed by atoms with Gasteiger partial charge >= 0.3 is 0 Å². The molecular formula is C20H16N4O. The number of nitrogens with one attached hydrogen (secondary N) is 2. The van der Waals surface area contributed by atoms with E-state index in [2.05, 4.69) is 20.3 Å². The quantitative estimate of drug-likeness (QED) is 0.602. The van der Waals surface area contributed by atoms with E-state index in [1.165, 1.54) is 0 Å². The van der Waals surface area contributed by atoms with Crippen LogP contribution < -0.4 is 5.32 Å². The summed E-state index contributed by atoms with van der Waals surface area (Å²) in [4.78, 5) is 24.2. The second-order valence-electron chi connectivity index (χ2n) is 5.72. The number of amides is 1. The lowest BCUT2D eigenvalue weighted by Gasteiger charge is -2.10. The molecule has 0 atom stereocenters. The van der Waals surface area contributed by atoms with Crippen molar-refractivity contribution in [2.45, 2.75) is 6.54 Å². The van der Waals surface area contributed by atoms with Gasteiger partial charge in [-0.15, -0.1) is 0 Å². The topological polar surface area (TPSA) is 70.7 Å². The Morgan fingerprint density at radius 3 is 2.88 bits per heavy atom. The number of H-pyrrole nitrogens is 1. The van der Waals surface area contributed by atoms with Crippen LogP contribution in [-0.4, -0.2) is 20.9 Å². The molecular weight excluding hydrogens is 312 g/mol. The Hall–Kier alpha value is -3.47. The predicted octanol–water partition coefficient (Wildman–Crippen LogP) is 3.55. The summed E-state index contributed by atoms with van der Waals surface area (Å²) in [5.41, 5.74) is 4.28. The van der Waals surface area contributed by atoms with Gasteiger partial charge in [0.05, 0.1) is 5.69 Å². The number of rotatable bonds is 4. The van der Waals surface area contributed by atoms with Gasteiger partial charge in [-0.2, -0.15) is 0 Å². The van der Waals surface area contributed by atoms with Gasteiger partial charge in [0.1, 0.15) is 0 Å². The van der Waals surface area contributed by atoms with Gasteiger partial charge in [0.2, 0.25) is 0 Å². The lowest BCUT2D eigenvalue weighted by atomic mass is 10.1. The van der Waals surface area contributed by atoms with Crippen molar-refractivity contribution < 1.29 is 4.79 Å². The van der Waals surface area contributed by atoms with E-state index < -0.39 is 0 Å². The minimum atomic E-state index is -0.113. The van der Waals surface area contributed by atoms with Crippen LogP contribution in [0.1, 0.15) is 15.9 Å². The van der Waals surface area contributed by atoms with E-state index in [4.69, 9.17) is 0 Å². The van der Waals surface area contributed by atoms with E-state index >= 15 is 0 Å². The molecule has 3 heterocycles. The van der Waals surface area contributed by atoms with Gasteiger partial charge in [-0.1, -0.05) is 12.1 Å². The number of aromatic amines is 1. The molecule has 0 aliphatic rings. The summed E-state index contributed by atoms with van der Waals surface area (Å²) in [7, 11) is 0. The summed E-state index contributed by atoms with van der Waals surface area (Å²) >= 11 is 0. The number of carbonyl (C=O) groups excluding carboxylic acids is 1. The zero-order chi connectivity index (χ0) is 17.1. The Balaban J connectivity index is 1.54. The fourth-order valence-corrected chi connectivity index (χ4v) is 2.81. The maximum atomic E-state index is 12.5. The average molecular weight is 328 g/mol. The van der Waals surface area contributed by atoms with Crippen molar-refractivity contribution >= 4 is 16.8 Å². The summed E-state index contributed by atoms with van der Waals surface area (Å²) < 4.78 is 0. The van der Waals surface area contributed by atoms with Crippen LogP contribution in [0.25, 0.3) is 22.2 Å². The highest BCUT2D eigenvalue weighted by Gasteiger charge is 2.10. The molecule has 0 saturated carbocycles. The van der Waals surface area contributed by atoms with Crippen LogP contribution in [0.4, 0.5) is 0 Å². The molecule has 1 aromatic carbocycles. The lowest BCUT2D eigenvalue weighted by molar-refractivity contribution is 0.0951. The molecule has 0 bridgehead atoms. The largest absolute Gasteiger partial charge is 0.361 e. The summed E-state index contributed by atoms with van der Waals surface area (Å²) in [6.07, 6.45) is 7.10. The summed E-state index contributed by atoms with van der Waals surface area (Å²) in [6, 6.07) is 15.3. The molecule has 2 N–H and O–H groups in total. The standard InChI is InChI=1S/C20H16N4O/c25-20(15-6-5-14-7-10-22-18(14)11-15)24-13-17-4-2-9-23-19(17)16-3-1-8-21-12-16/h1-12,22H,13H2,(H,24,25). The van der Waals surface area contributed by atoms with E-state index in [1.54, 1.807) is 18.6 Å². The molecule has 122 valence electrons. The first-order valence-corrected chi connectivity index (χ1v) is 8.01. The molecule has 4 rings (SSSR count). The molecule has 3 aromatic heterocycles. The fourth-order valence-electron chi connectivity index (χ4n) is 2.81. The zero-order valence-corrected chi connectivity index (χ0v) is 13.4. The van der Waals surface area contributed by atoms with Crippen molar-refractivity contribution in [2.75, 3.05) is 0 Å². The SMILES string of the molecule is O=C(NCc1cccnc1-c1cccnc1)c1ccc2cc[nH]c2c1. The minimum Gasteiger partial charge on any atom is -0.361 e. The third-order valence-corrected chi connectivity index (χ3v) is 4.08. The average Bonchev–Trinajstić information content (AvgIpc) is 3.15. The van der Waals surface area contributed by atoms with Crippen molar-refractivity contribution in [1.29, 1.82) is 0 Å². The third-order valence-electron chi connectivity index (χ3n) is 4.08. The van der Waals surface area contributed by atoms with Gasteiger partial charge in [0, 0.05) is 48.0 Å². The van der Waals surface area contributed by atoms with Crippen LogP contribution in [0.5, 0.6) is 0 Å². The van der Waals surface area contributed by atoms with Crippen molar-refractivity contribution in [3.8, 4) is 11.3 Å². The van der Waals surface area contributed by atoms with E-state index in [1.807, 2.05) is 54.7 Å². The normalized spacial score (nSPS) is 10.7. The molecule has 0 radical (unpaired) electrons. The highest BCUT2D eigenvalue weighted by atomic mass is 16.1. The molecule has 5 nitrogen and oxygen atoms in total.